The molecule has 0 spiro atoms. The van der Waals surface area contributed by atoms with Gasteiger partial charge < -0.3 is 14.5 Å². The lowest BCUT2D eigenvalue weighted by Gasteiger charge is -2.15. The molecular weight excluding hydrogens is 428 g/mol. The van der Waals surface area contributed by atoms with Gasteiger partial charge in [-0.15, -0.1) is 0 Å². The summed E-state index contributed by atoms with van der Waals surface area (Å²) >= 11 is 0. The van der Waals surface area contributed by atoms with E-state index in [9.17, 15) is 14.9 Å². The minimum Gasteiger partial charge on any atom is -0.462 e. The second-order valence-electron chi connectivity index (χ2n) is 7.48. The first kappa shape index (κ1) is 22.6. The summed E-state index contributed by atoms with van der Waals surface area (Å²) in [4.78, 5) is 23.7. The van der Waals surface area contributed by atoms with Crippen LogP contribution in [0.4, 0.5) is 5.69 Å². The van der Waals surface area contributed by atoms with Gasteiger partial charge in [0.25, 0.3) is 0 Å². The maximum absolute atomic E-state index is 12.6. The van der Waals surface area contributed by atoms with Crippen LogP contribution in [0.15, 0.2) is 83.3 Å². The number of rotatable bonds is 8. The Morgan fingerprint density at radius 2 is 1.76 bits per heavy atom. The van der Waals surface area contributed by atoms with Gasteiger partial charge in [-0.05, 0) is 53.9 Å². The van der Waals surface area contributed by atoms with Gasteiger partial charge in [0.2, 0.25) is 0 Å². The lowest BCUT2D eigenvalue weighted by atomic mass is 9.99. The van der Waals surface area contributed by atoms with Crippen molar-refractivity contribution >= 4 is 17.9 Å². The Bertz CT molecular complexity index is 1360. The van der Waals surface area contributed by atoms with E-state index in [4.69, 9.17) is 9.15 Å². The second-order valence-corrected chi connectivity index (χ2v) is 7.48. The van der Waals surface area contributed by atoms with Crippen LogP contribution in [-0.2, 0) is 11.3 Å². The van der Waals surface area contributed by atoms with Gasteiger partial charge in [-0.1, -0.05) is 48.5 Å². The van der Waals surface area contributed by atoms with Crippen LogP contribution < -0.4 is 5.32 Å². The van der Waals surface area contributed by atoms with Gasteiger partial charge >= 0.3 is 5.97 Å². The Kier molecular flexibility index (Phi) is 6.85. The van der Waals surface area contributed by atoms with Gasteiger partial charge in [0.15, 0.2) is 12.0 Å². The number of esters is 1. The monoisotopic (exact) mass is 450 g/mol. The molecule has 1 heterocycles. The zero-order chi connectivity index (χ0) is 23.9. The number of hydrogen-bond acceptors (Lipinski definition) is 6. The largest absolute Gasteiger partial charge is 0.462 e. The average molecular weight is 450 g/mol. The topological polar surface area (TPSA) is 92.3 Å². The molecule has 0 fully saturated rings. The predicted molar refractivity (Wildman–Crippen MR) is 129 cm³/mol. The molecule has 4 aromatic rings. The molecule has 0 amide bonds. The fourth-order valence-electron chi connectivity index (χ4n) is 3.71. The van der Waals surface area contributed by atoms with E-state index in [1.54, 1.807) is 37.3 Å². The average Bonchev–Trinajstić information content (AvgIpc) is 3.37. The number of ether oxygens (including phenoxy) is 1. The smallest absolute Gasteiger partial charge is 0.340 e. The van der Waals surface area contributed by atoms with E-state index < -0.39 is 5.97 Å². The Labute approximate surface area is 197 Å². The molecule has 0 atom stereocenters. The van der Waals surface area contributed by atoms with Crippen molar-refractivity contribution in [2.24, 2.45) is 0 Å². The van der Waals surface area contributed by atoms with Crippen molar-refractivity contribution in [2.75, 3.05) is 11.9 Å². The molecule has 0 radical (unpaired) electrons. The molecule has 0 saturated heterocycles. The number of nitrogens with zero attached hydrogens (tertiary/aromatic N) is 1. The van der Waals surface area contributed by atoms with E-state index in [-0.39, 0.29) is 12.4 Å². The van der Waals surface area contributed by atoms with Crippen molar-refractivity contribution in [2.45, 2.75) is 13.5 Å². The van der Waals surface area contributed by atoms with E-state index in [1.165, 1.54) is 0 Å². The molecule has 0 aliphatic rings. The molecule has 3 aromatic carbocycles. The van der Waals surface area contributed by atoms with Crippen molar-refractivity contribution in [1.29, 1.82) is 5.26 Å². The lowest BCUT2D eigenvalue weighted by Crippen LogP contribution is -2.11. The molecule has 0 bridgehead atoms. The highest BCUT2D eigenvalue weighted by molar-refractivity contribution is 6.00. The minimum absolute atomic E-state index is 0.204. The van der Waals surface area contributed by atoms with E-state index in [1.807, 2.05) is 48.5 Å². The predicted octanol–water partition coefficient (Wildman–Crippen LogP) is 6.09. The van der Waals surface area contributed by atoms with Gasteiger partial charge in [0.1, 0.15) is 5.76 Å². The summed E-state index contributed by atoms with van der Waals surface area (Å²) in [7, 11) is 0. The lowest BCUT2D eigenvalue weighted by molar-refractivity contribution is 0.0527. The first-order valence-corrected chi connectivity index (χ1v) is 10.8. The van der Waals surface area contributed by atoms with Crippen LogP contribution in [0.1, 0.15) is 39.0 Å². The molecule has 0 unspecified atom stereocenters. The summed E-state index contributed by atoms with van der Waals surface area (Å²) < 4.78 is 10.8. The van der Waals surface area contributed by atoms with Crippen molar-refractivity contribution in [3.8, 4) is 28.5 Å². The highest BCUT2D eigenvalue weighted by Gasteiger charge is 2.19. The maximum atomic E-state index is 12.6. The van der Waals surface area contributed by atoms with Crippen LogP contribution in [0, 0.1) is 11.3 Å². The standard InChI is InChI=1S/C28H22N2O4/c1-2-33-28(32)25-9-5-8-24(26-15-14-22(18-31)34-26)27(25)30-17-19-10-12-20(13-11-19)23-7-4-3-6-21(23)16-29/h3-15,18,30H,2,17H2,1H3. The Morgan fingerprint density at radius 3 is 2.47 bits per heavy atom. The normalized spacial score (nSPS) is 10.4. The van der Waals surface area contributed by atoms with E-state index >= 15 is 0 Å². The summed E-state index contributed by atoms with van der Waals surface area (Å²) in [6.07, 6.45) is 0.637. The van der Waals surface area contributed by atoms with Gasteiger partial charge in [-0.3, -0.25) is 4.79 Å². The van der Waals surface area contributed by atoms with E-state index in [2.05, 4.69) is 11.4 Å². The molecule has 1 N–H and O–H groups in total. The number of nitrogens with one attached hydrogen (secondary N) is 1. The summed E-state index contributed by atoms with van der Waals surface area (Å²) in [5, 5.41) is 12.7. The number of carbonyl (C=O) groups excluding carboxylic acids is 2. The Hall–Kier alpha value is -4.63. The number of aldehydes is 1. The third kappa shape index (κ3) is 4.74. The van der Waals surface area contributed by atoms with Crippen molar-refractivity contribution in [1.82, 2.24) is 0 Å². The quantitative estimate of drug-likeness (QED) is 0.258. The van der Waals surface area contributed by atoms with Gasteiger partial charge in [-0.2, -0.15) is 5.26 Å². The fraction of sp³-hybridized carbons (Fsp3) is 0.107. The second kappa shape index (κ2) is 10.3. The molecule has 6 heteroatoms. The summed E-state index contributed by atoms with van der Waals surface area (Å²) in [5.41, 5.74) is 5.02. The number of carbonyl (C=O) groups is 2. The molecule has 0 saturated carbocycles. The van der Waals surface area contributed by atoms with Crippen LogP contribution in [0.2, 0.25) is 0 Å². The summed E-state index contributed by atoms with van der Waals surface area (Å²) in [5.74, 6) is 0.229. The SMILES string of the molecule is CCOC(=O)c1cccc(-c2ccc(C=O)o2)c1NCc1ccc(-c2ccccc2C#N)cc1. The molecule has 0 aliphatic carbocycles. The van der Waals surface area contributed by atoms with E-state index in [0.29, 0.717) is 41.0 Å². The third-order valence-electron chi connectivity index (χ3n) is 5.35. The summed E-state index contributed by atoms with van der Waals surface area (Å²) in [6.45, 7) is 2.44. The Morgan fingerprint density at radius 1 is 1.00 bits per heavy atom. The summed E-state index contributed by atoms with van der Waals surface area (Å²) in [6, 6.07) is 26.1. The van der Waals surface area contributed by atoms with E-state index in [0.717, 1.165) is 16.7 Å². The number of furan rings is 1. The fourth-order valence-corrected chi connectivity index (χ4v) is 3.71. The minimum atomic E-state index is -0.447. The zero-order valence-corrected chi connectivity index (χ0v) is 18.6. The molecule has 168 valence electrons. The number of benzene rings is 3. The van der Waals surface area contributed by atoms with Gasteiger partial charge in [-0.25, -0.2) is 4.79 Å². The van der Waals surface area contributed by atoms with Crippen LogP contribution in [0.25, 0.3) is 22.5 Å². The zero-order valence-electron chi connectivity index (χ0n) is 18.6. The third-order valence-corrected chi connectivity index (χ3v) is 5.35. The highest BCUT2D eigenvalue weighted by Crippen LogP contribution is 2.33. The first-order chi connectivity index (χ1) is 16.6. The van der Waals surface area contributed by atoms with Crippen molar-refractivity contribution < 1.29 is 18.7 Å². The molecule has 0 aliphatic heterocycles. The molecule has 1 aromatic heterocycles. The maximum Gasteiger partial charge on any atom is 0.340 e. The molecule has 6 nitrogen and oxygen atoms in total. The van der Waals surface area contributed by atoms with Gasteiger partial charge in [0.05, 0.1) is 29.5 Å². The van der Waals surface area contributed by atoms with Gasteiger partial charge in [0, 0.05) is 12.1 Å². The number of hydrogen-bond donors (Lipinski definition) is 1. The Balaban J connectivity index is 1.63. The number of anilines is 1. The molecule has 4 rings (SSSR count). The van der Waals surface area contributed by atoms with Crippen LogP contribution in [-0.4, -0.2) is 18.9 Å². The molecular formula is C28H22N2O4. The highest BCUT2D eigenvalue weighted by atomic mass is 16.5. The first-order valence-electron chi connectivity index (χ1n) is 10.8. The van der Waals surface area contributed by atoms with Crippen LogP contribution in [0.5, 0.6) is 0 Å². The van der Waals surface area contributed by atoms with Crippen molar-refractivity contribution in [3.05, 3.63) is 101 Å². The molecule has 34 heavy (non-hydrogen) atoms. The van der Waals surface area contributed by atoms with Crippen LogP contribution in [0.3, 0.4) is 0 Å². The number of nitriles is 1. The van der Waals surface area contributed by atoms with Crippen LogP contribution >= 0.6 is 0 Å². The van der Waals surface area contributed by atoms with Crippen molar-refractivity contribution in [3.63, 3.8) is 0 Å². The number of para-hydroxylation sites is 1.